The van der Waals surface area contributed by atoms with E-state index in [-0.39, 0.29) is 11.3 Å². The van der Waals surface area contributed by atoms with Crippen molar-refractivity contribution < 1.29 is 14.3 Å². The number of amides is 1. The van der Waals surface area contributed by atoms with Crippen molar-refractivity contribution in [2.24, 2.45) is 5.41 Å². The molecule has 0 N–H and O–H groups in total. The average Bonchev–Trinajstić information content (AvgIpc) is 3.25. The minimum absolute atomic E-state index is 0.00185. The number of ether oxygens (including phenoxy) is 2. The second-order valence-corrected chi connectivity index (χ2v) is 7.34. The fraction of sp³-hybridized carbons (Fsp3) is 0.400. The van der Waals surface area contributed by atoms with E-state index in [1.165, 1.54) is 0 Å². The van der Waals surface area contributed by atoms with Crippen LogP contribution in [0, 0.1) is 5.41 Å². The maximum Gasteiger partial charge on any atom is 0.227 e. The van der Waals surface area contributed by atoms with Gasteiger partial charge in [0.1, 0.15) is 19.0 Å². The highest BCUT2D eigenvalue weighted by atomic mass is 16.6. The molecule has 0 radical (unpaired) electrons. The minimum atomic E-state index is 0.00185. The number of pyridine rings is 1. The Kier molecular flexibility index (Phi) is 3.51. The van der Waals surface area contributed by atoms with Crippen LogP contribution in [0.25, 0.3) is 0 Å². The molecule has 2 fully saturated rings. The van der Waals surface area contributed by atoms with Gasteiger partial charge in [0.2, 0.25) is 5.91 Å². The summed E-state index contributed by atoms with van der Waals surface area (Å²) in [5.41, 5.74) is 0.898. The molecule has 1 aromatic heterocycles. The molecule has 1 atom stereocenters. The highest BCUT2D eigenvalue weighted by molar-refractivity contribution is 5.97. The number of rotatable bonds is 2. The van der Waals surface area contributed by atoms with Gasteiger partial charge in [-0.15, -0.1) is 0 Å². The summed E-state index contributed by atoms with van der Waals surface area (Å²) in [6.45, 7) is 3.68. The van der Waals surface area contributed by atoms with E-state index in [4.69, 9.17) is 9.47 Å². The van der Waals surface area contributed by atoms with Gasteiger partial charge < -0.3 is 19.3 Å². The number of benzene rings is 1. The Labute approximate surface area is 152 Å². The van der Waals surface area contributed by atoms with Gasteiger partial charge in [0.05, 0.1) is 0 Å². The van der Waals surface area contributed by atoms with Crippen molar-refractivity contribution in [2.75, 3.05) is 42.6 Å². The van der Waals surface area contributed by atoms with Crippen LogP contribution < -0.4 is 19.3 Å². The van der Waals surface area contributed by atoms with Crippen LogP contribution >= 0.6 is 0 Å². The van der Waals surface area contributed by atoms with E-state index in [0.29, 0.717) is 19.6 Å². The Morgan fingerprint density at radius 2 is 1.92 bits per heavy atom. The van der Waals surface area contributed by atoms with Gasteiger partial charge in [0.25, 0.3) is 0 Å². The Balaban J connectivity index is 1.36. The number of anilines is 2. The second-order valence-electron chi connectivity index (χ2n) is 7.34. The second kappa shape index (κ2) is 5.90. The summed E-state index contributed by atoms with van der Waals surface area (Å²) in [5.74, 6) is 2.66. The van der Waals surface area contributed by atoms with Crippen LogP contribution in [0.3, 0.4) is 0 Å². The van der Waals surface area contributed by atoms with Crippen molar-refractivity contribution in [3.05, 3.63) is 42.6 Å². The highest BCUT2D eigenvalue weighted by Gasteiger charge is 2.48. The Morgan fingerprint density at radius 1 is 1.04 bits per heavy atom. The van der Waals surface area contributed by atoms with Gasteiger partial charge in [0, 0.05) is 49.4 Å². The van der Waals surface area contributed by atoms with Crippen LogP contribution in [-0.4, -0.2) is 43.7 Å². The van der Waals surface area contributed by atoms with Gasteiger partial charge in [-0.3, -0.25) is 4.79 Å². The van der Waals surface area contributed by atoms with E-state index in [0.717, 1.165) is 49.1 Å². The van der Waals surface area contributed by atoms with E-state index < -0.39 is 0 Å². The molecule has 1 spiro atoms. The standard InChI is InChI=1S/C20H21N3O3/c24-19-12-20(6-8-22(13-20)18-3-1-2-7-21-18)14-23(19)15-4-5-16-17(11-15)26-10-9-25-16/h1-5,7,11H,6,8-10,12-14H2/t20-/m0/s1. The summed E-state index contributed by atoms with van der Waals surface area (Å²) < 4.78 is 11.3. The lowest BCUT2D eigenvalue weighted by Gasteiger charge is -2.25. The number of aromatic nitrogens is 1. The molecule has 6 heteroatoms. The van der Waals surface area contributed by atoms with Crippen LogP contribution in [0.4, 0.5) is 11.5 Å². The molecule has 0 unspecified atom stereocenters. The first-order chi connectivity index (χ1) is 12.7. The molecule has 1 aromatic carbocycles. The molecule has 0 aliphatic carbocycles. The number of hydrogen-bond acceptors (Lipinski definition) is 5. The number of carbonyl (C=O) groups excluding carboxylic acids is 1. The van der Waals surface area contributed by atoms with Crippen molar-refractivity contribution >= 4 is 17.4 Å². The molecular weight excluding hydrogens is 330 g/mol. The normalized spacial score (nSPS) is 24.5. The van der Waals surface area contributed by atoms with E-state index in [9.17, 15) is 4.79 Å². The monoisotopic (exact) mass is 351 g/mol. The lowest BCUT2D eigenvalue weighted by molar-refractivity contribution is -0.117. The molecule has 5 rings (SSSR count). The van der Waals surface area contributed by atoms with Crippen LogP contribution in [-0.2, 0) is 4.79 Å². The van der Waals surface area contributed by atoms with Crippen LogP contribution in [0.5, 0.6) is 11.5 Å². The molecule has 2 saturated heterocycles. The van der Waals surface area contributed by atoms with Crippen molar-refractivity contribution in [1.29, 1.82) is 0 Å². The summed E-state index contributed by atoms with van der Waals surface area (Å²) in [6.07, 6.45) is 3.42. The van der Waals surface area contributed by atoms with Gasteiger partial charge >= 0.3 is 0 Å². The topological polar surface area (TPSA) is 54.9 Å². The van der Waals surface area contributed by atoms with Crippen molar-refractivity contribution in [3.63, 3.8) is 0 Å². The molecular formula is C20H21N3O3. The number of fused-ring (bicyclic) bond motifs is 1. The van der Waals surface area contributed by atoms with Gasteiger partial charge in [-0.2, -0.15) is 0 Å². The summed E-state index contributed by atoms with van der Waals surface area (Å²) >= 11 is 0. The molecule has 3 aliphatic rings. The number of carbonyl (C=O) groups is 1. The van der Waals surface area contributed by atoms with Gasteiger partial charge in [-0.25, -0.2) is 4.98 Å². The Hall–Kier alpha value is -2.76. The molecule has 6 nitrogen and oxygen atoms in total. The van der Waals surface area contributed by atoms with Crippen molar-refractivity contribution in [3.8, 4) is 11.5 Å². The van der Waals surface area contributed by atoms with Crippen LogP contribution in [0.2, 0.25) is 0 Å². The van der Waals surface area contributed by atoms with E-state index >= 15 is 0 Å². The molecule has 26 heavy (non-hydrogen) atoms. The number of nitrogens with zero attached hydrogens (tertiary/aromatic N) is 3. The van der Waals surface area contributed by atoms with E-state index in [2.05, 4.69) is 9.88 Å². The van der Waals surface area contributed by atoms with E-state index in [1.807, 2.05) is 47.5 Å². The van der Waals surface area contributed by atoms with Gasteiger partial charge in [-0.1, -0.05) is 6.07 Å². The third kappa shape index (κ3) is 2.57. The zero-order chi connectivity index (χ0) is 17.6. The molecule has 4 heterocycles. The third-order valence-corrected chi connectivity index (χ3v) is 5.57. The van der Waals surface area contributed by atoms with Crippen molar-refractivity contribution in [1.82, 2.24) is 4.98 Å². The summed E-state index contributed by atoms with van der Waals surface area (Å²) in [6, 6.07) is 11.8. The largest absolute Gasteiger partial charge is 0.486 e. The predicted molar refractivity (Wildman–Crippen MR) is 97.9 cm³/mol. The maximum atomic E-state index is 12.8. The molecule has 0 bridgehead atoms. The lowest BCUT2D eigenvalue weighted by Crippen LogP contribution is -2.31. The lowest BCUT2D eigenvalue weighted by atomic mass is 9.86. The number of hydrogen-bond donors (Lipinski definition) is 0. The third-order valence-electron chi connectivity index (χ3n) is 5.57. The Bertz CT molecular complexity index is 841. The zero-order valence-electron chi connectivity index (χ0n) is 14.6. The summed E-state index contributed by atoms with van der Waals surface area (Å²) in [5, 5.41) is 0. The van der Waals surface area contributed by atoms with Gasteiger partial charge in [-0.05, 0) is 30.7 Å². The first-order valence-electron chi connectivity index (χ1n) is 9.09. The van der Waals surface area contributed by atoms with Crippen LogP contribution in [0.15, 0.2) is 42.6 Å². The average molecular weight is 351 g/mol. The maximum absolute atomic E-state index is 12.8. The van der Waals surface area contributed by atoms with Crippen LogP contribution in [0.1, 0.15) is 12.8 Å². The molecule has 3 aliphatic heterocycles. The molecule has 1 amide bonds. The molecule has 134 valence electrons. The van der Waals surface area contributed by atoms with Gasteiger partial charge in [0.15, 0.2) is 11.5 Å². The zero-order valence-corrected chi connectivity index (χ0v) is 14.6. The smallest absolute Gasteiger partial charge is 0.227 e. The first kappa shape index (κ1) is 15.5. The fourth-order valence-electron chi connectivity index (χ4n) is 4.28. The predicted octanol–water partition coefficient (Wildman–Crippen LogP) is 2.49. The molecule has 2 aromatic rings. The summed E-state index contributed by atoms with van der Waals surface area (Å²) in [4.78, 5) is 21.4. The minimum Gasteiger partial charge on any atom is -0.486 e. The quantitative estimate of drug-likeness (QED) is 0.832. The van der Waals surface area contributed by atoms with E-state index in [1.54, 1.807) is 0 Å². The first-order valence-corrected chi connectivity index (χ1v) is 9.09. The fourth-order valence-corrected chi connectivity index (χ4v) is 4.28. The highest BCUT2D eigenvalue weighted by Crippen LogP contribution is 2.44. The Morgan fingerprint density at radius 3 is 2.77 bits per heavy atom. The summed E-state index contributed by atoms with van der Waals surface area (Å²) in [7, 11) is 0. The van der Waals surface area contributed by atoms with Crippen molar-refractivity contribution in [2.45, 2.75) is 12.8 Å². The SMILES string of the molecule is O=C1C[C@]2(CCN(c3ccccn3)C2)CN1c1ccc2c(c1)OCCO2. The molecule has 0 saturated carbocycles.